The first-order valence-corrected chi connectivity index (χ1v) is 9.69. The van der Waals surface area contributed by atoms with Gasteiger partial charge in [0.2, 0.25) is 5.78 Å². The Morgan fingerprint density at radius 1 is 0.793 bits per heavy atom. The summed E-state index contributed by atoms with van der Waals surface area (Å²) >= 11 is 17.7. The van der Waals surface area contributed by atoms with Crippen molar-refractivity contribution < 1.29 is 19.1 Å². The molecule has 0 aliphatic heterocycles. The van der Waals surface area contributed by atoms with Gasteiger partial charge in [-0.15, -0.1) is 0 Å². The van der Waals surface area contributed by atoms with Gasteiger partial charge in [-0.25, -0.2) is 4.79 Å². The number of carbonyl (C=O) groups excluding carboxylic acids is 2. The van der Waals surface area contributed by atoms with E-state index in [9.17, 15) is 9.59 Å². The van der Waals surface area contributed by atoms with Crippen LogP contribution in [0.4, 0.5) is 0 Å². The highest BCUT2D eigenvalue weighted by atomic mass is 35.5. The van der Waals surface area contributed by atoms with E-state index in [1.807, 2.05) is 12.1 Å². The third-order valence-electron chi connectivity index (χ3n) is 3.98. The third kappa shape index (κ3) is 5.73. The number of para-hydroxylation sites is 1. The number of halogens is 3. The summed E-state index contributed by atoms with van der Waals surface area (Å²) < 4.78 is 10.9. The minimum absolute atomic E-state index is 0.199. The number of Topliss-reactive ketones (excluding diaryl/α,β-unsaturated/α-hetero) is 1. The van der Waals surface area contributed by atoms with E-state index in [1.54, 1.807) is 42.5 Å². The fraction of sp³-hybridized carbons (Fsp3) is 0.0909. The zero-order valence-corrected chi connectivity index (χ0v) is 17.3. The van der Waals surface area contributed by atoms with Gasteiger partial charge >= 0.3 is 5.97 Å². The molecule has 0 heterocycles. The monoisotopic (exact) mass is 448 g/mol. The highest BCUT2D eigenvalue weighted by Crippen LogP contribution is 2.23. The van der Waals surface area contributed by atoms with Crippen molar-refractivity contribution in [2.45, 2.75) is 6.61 Å². The second-order valence-corrected chi connectivity index (χ2v) is 7.31. The van der Waals surface area contributed by atoms with Gasteiger partial charge in [0.1, 0.15) is 17.9 Å². The lowest BCUT2D eigenvalue weighted by molar-refractivity contribution is 0.0470. The minimum atomic E-state index is -0.671. The molecule has 0 spiro atoms. The molecular weight excluding hydrogens is 435 g/mol. The highest BCUT2D eigenvalue weighted by Gasteiger charge is 2.17. The molecular formula is C22H15Cl3O4. The van der Waals surface area contributed by atoms with Gasteiger partial charge in [-0.1, -0.05) is 59.1 Å². The summed E-state index contributed by atoms with van der Waals surface area (Å²) in [5.41, 5.74) is 1.35. The van der Waals surface area contributed by atoms with E-state index in [2.05, 4.69) is 0 Å². The van der Waals surface area contributed by atoms with Crippen LogP contribution < -0.4 is 4.74 Å². The van der Waals surface area contributed by atoms with Gasteiger partial charge in [-0.05, 0) is 48.0 Å². The Morgan fingerprint density at radius 2 is 1.48 bits per heavy atom. The number of ketones is 1. The molecule has 0 fully saturated rings. The van der Waals surface area contributed by atoms with E-state index in [1.165, 1.54) is 12.1 Å². The Kier molecular flexibility index (Phi) is 7.15. The normalized spacial score (nSPS) is 10.4. The van der Waals surface area contributed by atoms with Gasteiger partial charge in [0.25, 0.3) is 0 Å². The molecule has 4 nitrogen and oxygen atoms in total. The quantitative estimate of drug-likeness (QED) is 0.315. The lowest BCUT2D eigenvalue weighted by Crippen LogP contribution is -2.15. The molecule has 148 valence electrons. The molecule has 0 unspecified atom stereocenters. The average Bonchev–Trinajstić information content (AvgIpc) is 2.71. The first-order chi connectivity index (χ1) is 13.9. The van der Waals surface area contributed by atoms with Crippen molar-refractivity contribution in [3.63, 3.8) is 0 Å². The smallest absolute Gasteiger partial charge is 0.342 e. The maximum atomic E-state index is 12.5. The van der Waals surface area contributed by atoms with Crippen LogP contribution in [0.3, 0.4) is 0 Å². The van der Waals surface area contributed by atoms with Crippen molar-refractivity contribution in [3.05, 3.63) is 98.5 Å². The molecule has 3 aromatic carbocycles. The minimum Gasteiger partial charge on any atom is -0.488 e. The predicted molar refractivity (Wildman–Crippen MR) is 113 cm³/mol. The first-order valence-electron chi connectivity index (χ1n) is 8.55. The van der Waals surface area contributed by atoms with Gasteiger partial charge in [-0.3, -0.25) is 4.79 Å². The summed E-state index contributed by atoms with van der Waals surface area (Å²) in [6.07, 6.45) is 0. The maximum absolute atomic E-state index is 12.5. The van der Waals surface area contributed by atoms with Crippen molar-refractivity contribution in [3.8, 4) is 5.75 Å². The molecule has 0 radical (unpaired) electrons. The molecule has 0 saturated heterocycles. The van der Waals surface area contributed by atoms with Gasteiger partial charge in [0, 0.05) is 15.6 Å². The summed E-state index contributed by atoms with van der Waals surface area (Å²) in [5, 5.41) is 1.24. The summed E-state index contributed by atoms with van der Waals surface area (Å²) in [7, 11) is 0. The van der Waals surface area contributed by atoms with E-state index in [0.717, 1.165) is 5.56 Å². The molecule has 0 bridgehead atoms. The Balaban J connectivity index is 1.64. The number of rotatable bonds is 7. The van der Waals surface area contributed by atoms with Gasteiger partial charge in [0.05, 0.1) is 5.02 Å². The average molecular weight is 450 g/mol. The van der Waals surface area contributed by atoms with Crippen LogP contribution in [-0.2, 0) is 11.3 Å². The van der Waals surface area contributed by atoms with Crippen LogP contribution in [0.15, 0.2) is 66.7 Å². The van der Waals surface area contributed by atoms with Crippen LogP contribution in [0.1, 0.15) is 26.3 Å². The number of ether oxygens (including phenoxy) is 2. The van der Waals surface area contributed by atoms with Crippen LogP contribution in [0, 0.1) is 0 Å². The second-order valence-electron chi connectivity index (χ2n) is 6.03. The zero-order chi connectivity index (χ0) is 20.8. The van der Waals surface area contributed by atoms with E-state index >= 15 is 0 Å². The molecule has 0 N–H and O–H groups in total. The van der Waals surface area contributed by atoms with Crippen LogP contribution in [0.25, 0.3) is 0 Å². The molecule has 0 atom stereocenters. The number of carbonyl (C=O) groups is 2. The summed E-state index contributed by atoms with van der Waals surface area (Å²) in [5.74, 6) is -0.751. The lowest BCUT2D eigenvalue weighted by Gasteiger charge is -2.11. The van der Waals surface area contributed by atoms with Crippen molar-refractivity contribution in [2.24, 2.45) is 0 Å². The highest BCUT2D eigenvalue weighted by molar-refractivity contribution is 6.36. The zero-order valence-electron chi connectivity index (χ0n) is 15.0. The fourth-order valence-electron chi connectivity index (χ4n) is 2.51. The topological polar surface area (TPSA) is 52.6 Å². The SMILES string of the molecule is O=C(COC(=O)c1ccccc1OCc1ccc(Cl)cc1)c1ccc(Cl)cc1Cl. The van der Waals surface area contributed by atoms with Crippen LogP contribution in [-0.4, -0.2) is 18.4 Å². The number of hydrogen-bond acceptors (Lipinski definition) is 4. The molecule has 0 aliphatic rings. The van der Waals surface area contributed by atoms with Crippen LogP contribution in [0.5, 0.6) is 5.75 Å². The molecule has 0 aromatic heterocycles. The van der Waals surface area contributed by atoms with Crippen LogP contribution in [0.2, 0.25) is 15.1 Å². The number of esters is 1. The molecule has 7 heteroatoms. The largest absolute Gasteiger partial charge is 0.488 e. The third-order valence-corrected chi connectivity index (χ3v) is 4.78. The molecule has 0 aliphatic carbocycles. The van der Waals surface area contributed by atoms with Gasteiger partial charge in [-0.2, -0.15) is 0 Å². The second kappa shape index (κ2) is 9.79. The lowest BCUT2D eigenvalue weighted by atomic mass is 10.1. The van der Waals surface area contributed by atoms with Gasteiger partial charge < -0.3 is 9.47 Å². The van der Waals surface area contributed by atoms with E-state index in [-0.39, 0.29) is 22.8 Å². The summed E-state index contributed by atoms with van der Waals surface area (Å²) in [4.78, 5) is 24.8. The predicted octanol–water partition coefficient (Wildman–Crippen LogP) is 6.27. The van der Waals surface area contributed by atoms with Crippen molar-refractivity contribution in [1.29, 1.82) is 0 Å². The molecule has 0 amide bonds. The Morgan fingerprint density at radius 3 is 2.21 bits per heavy atom. The van der Waals surface area contributed by atoms with Gasteiger partial charge in [0.15, 0.2) is 6.61 Å². The molecule has 0 saturated carbocycles. The first kappa shape index (κ1) is 21.2. The Bertz CT molecular complexity index is 1030. The molecule has 3 aromatic rings. The van der Waals surface area contributed by atoms with Crippen molar-refractivity contribution in [1.82, 2.24) is 0 Å². The number of hydrogen-bond donors (Lipinski definition) is 0. The molecule has 29 heavy (non-hydrogen) atoms. The maximum Gasteiger partial charge on any atom is 0.342 e. The van der Waals surface area contributed by atoms with Crippen molar-refractivity contribution >= 4 is 46.6 Å². The fourth-order valence-corrected chi connectivity index (χ4v) is 3.14. The van der Waals surface area contributed by atoms with E-state index in [0.29, 0.717) is 15.8 Å². The Hall–Kier alpha value is -2.53. The standard InChI is InChI=1S/C22H15Cl3O4/c23-15-7-5-14(6-8-15)12-28-21-4-2-1-3-18(21)22(27)29-13-20(26)17-10-9-16(24)11-19(17)25/h1-11H,12-13H2. The van der Waals surface area contributed by atoms with Crippen LogP contribution >= 0.6 is 34.8 Å². The summed E-state index contributed by atoms with van der Waals surface area (Å²) in [6, 6.07) is 18.3. The summed E-state index contributed by atoms with van der Waals surface area (Å²) in [6.45, 7) is -0.202. The Labute approximate surface area is 182 Å². The number of benzene rings is 3. The van der Waals surface area contributed by atoms with E-state index in [4.69, 9.17) is 44.3 Å². The molecule has 3 rings (SSSR count). The van der Waals surface area contributed by atoms with Crippen molar-refractivity contribution in [2.75, 3.05) is 6.61 Å². The van der Waals surface area contributed by atoms with E-state index < -0.39 is 18.4 Å².